The summed E-state index contributed by atoms with van der Waals surface area (Å²) in [6, 6.07) is 7.72. The van der Waals surface area contributed by atoms with Crippen molar-refractivity contribution >= 4 is 17.4 Å². The maximum atomic E-state index is 9.10. The molecule has 0 amide bonds. The van der Waals surface area contributed by atoms with Crippen molar-refractivity contribution in [3.63, 3.8) is 0 Å². The zero-order chi connectivity index (χ0) is 13.0. The fraction of sp³-hybridized carbons (Fsp3) is 0.500. The molecule has 1 N–H and O–H groups in total. The second-order valence-corrected chi connectivity index (χ2v) is 5.89. The van der Waals surface area contributed by atoms with E-state index in [1.54, 1.807) is 13.2 Å². The SMILES string of the molecule is COc1ccc(C#N)c(NCC2(SC)CCC2)c1. The third-order valence-electron chi connectivity index (χ3n) is 3.65. The summed E-state index contributed by atoms with van der Waals surface area (Å²) >= 11 is 1.93. The van der Waals surface area contributed by atoms with Gasteiger partial charge in [0.1, 0.15) is 11.8 Å². The van der Waals surface area contributed by atoms with Gasteiger partial charge in [-0.05, 0) is 31.2 Å². The van der Waals surface area contributed by atoms with Gasteiger partial charge in [0.25, 0.3) is 0 Å². The van der Waals surface area contributed by atoms with E-state index in [2.05, 4.69) is 17.6 Å². The minimum Gasteiger partial charge on any atom is -0.497 e. The van der Waals surface area contributed by atoms with Crippen molar-refractivity contribution < 1.29 is 4.74 Å². The van der Waals surface area contributed by atoms with Gasteiger partial charge in [0.15, 0.2) is 0 Å². The number of methoxy groups -OCH3 is 1. The number of thioether (sulfide) groups is 1. The Labute approximate surface area is 113 Å². The highest BCUT2D eigenvalue weighted by Gasteiger charge is 2.35. The molecule has 0 unspecified atom stereocenters. The molecule has 1 saturated carbocycles. The van der Waals surface area contributed by atoms with E-state index in [0.717, 1.165) is 18.0 Å². The van der Waals surface area contributed by atoms with Crippen LogP contribution in [-0.2, 0) is 0 Å². The van der Waals surface area contributed by atoms with Crippen LogP contribution in [0.4, 0.5) is 5.69 Å². The Kier molecular flexibility index (Phi) is 4.03. The first kappa shape index (κ1) is 13.1. The first-order valence-electron chi connectivity index (χ1n) is 6.10. The summed E-state index contributed by atoms with van der Waals surface area (Å²) in [5.41, 5.74) is 1.54. The Morgan fingerprint density at radius 1 is 1.50 bits per heavy atom. The minimum atomic E-state index is 0.357. The number of hydrogen-bond donors (Lipinski definition) is 1. The maximum Gasteiger partial charge on any atom is 0.121 e. The number of nitriles is 1. The van der Waals surface area contributed by atoms with Crippen molar-refractivity contribution in [1.82, 2.24) is 0 Å². The number of ether oxygens (including phenoxy) is 1. The van der Waals surface area contributed by atoms with E-state index in [9.17, 15) is 0 Å². The van der Waals surface area contributed by atoms with Gasteiger partial charge in [-0.2, -0.15) is 17.0 Å². The zero-order valence-corrected chi connectivity index (χ0v) is 11.6. The zero-order valence-electron chi connectivity index (χ0n) is 10.8. The summed E-state index contributed by atoms with van der Waals surface area (Å²) in [6.07, 6.45) is 5.99. The standard InChI is InChI=1S/C14H18N2OS/c1-17-12-5-4-11(9-15)13(8-12)16-10-14(18-2)6-3-7-14/h4-5,8,16H,3,6-7,10H2,1-2H3. The Hall–Kier alpha value is -1.34. The van der Waals surface area contributed by atoms with Crippen LogP contribution in [0, 0.1) is 11.3 Å². The van der Waals surface area contributed by atoms with Crippen molar-refractivity contribution in [2.75, 3.05) is 25.2 Å². The van der Waals surface area contributed by atoms with E-state index in [1.807, 2.05) is 23.9 Å². The van der Waals surface area contributed by atoms with Crippen molar-refractivity contribution in [3.05, 3.63) is 23.8 Å². The van der Waals surface area contributed by atoms with Crippen LogP contribution in [-0.4, -0.2) is 24.7 Å². The van der Waals surface area contributed by atoms with E-state index in [0.29, 0.717) is 10.3 Å². The third-order valence-corrected chi connectivity index (χ3v) is 5.06. The van der Waals surface area contributed by atoms with Crippen LogP contribution in [0.25, 0.3) is 0 Å². The highest BCUT2D eigenvalue weighted by molar-refractivity contribution is 8.00. The number of nitrogens with one attached hydrogen (secondary N) is 1. The lowest BCUT2D eigenvalue weighted by molar-refractivity contribution is 0.379. The second kappa shape index (κ2) is 5.53. The number of anilines is 1. The van der Waals surface area contributed by atoms with E-state index in [1.165, 1.54) is 19.3 Å². The van der Waals surface area contributed by atoms with Gasteiger partial charge in [0.2, 0.25) is 0 Å². The average molecular weight is 262 g/mol. The Morgan fingerprint density at radius 2 is 2.28 bits per heavy atom. The summed E-state index contributed by atoms with van der Waals surface area (Å²) in [6.45, 7) is 0.913. The minimum absolute atomic E-state index is 0.357. The van der Waals surface area contributed by atoms with Crippen molar-refractivity contribution in [2.45, 2.75) is 24.0 Å². The first-order chi connectivity index (χ1) is 8.73. The van der Waals surface area contributed by atoms with Gasteiger partial charge >= 0.3 is 0 Å². The molecule has 0 bridgehead atoms. The van der Waals surface area contributed by atoms with Crippen LogP contribution in [0.5, 0.6) is 5.75 Å². The molecule has 0 saturated heterocycles. The lowest BCUT2D eigenvalue weighted by atomic mass is 9.84. The van der Waals surface area contributed by atoms with Crippen LogP contribution in [0.3, 0.4) is 0 Å². The Bertz CT molecular complexity index is 458. The molecule has 0 radical (unpaired) electrons. The molecule has 1 fully saturated rings. The van der Waals surface area contributed by atoms with E-state index >= 15 is 0 Å². The van der Waals surface area contributed by atoms with Crippen molar-refractivity contribution in [3.8, 4) is 11.8 Å². The molecule has 4 heteroatoms. The summed E-state index contributed by atoms with van der Waals surface area (Å²) in [5.74, 6) is 0.781. The van der Waals surface area contributed by atoms with Gasteiger partial charge in [-0.3, -0.25) is 0 Å². The first-order valence-corrected chi connectivity index (χ1v) is 7.33. The van der Waals surface area contributed by atoms with Crippen molar-refractivity contribution in [2.24, 2.45) is 0 Å². The number of benzene rings is 1. The molecule has 0 spiro atoms. The molecule has 0 heterocycles. The summed E-state index contributed by atoms with van der Waals surface area (Å²) < 4.78 is 5.56. The fourth-order valence-electron chi connectivity index (χ4n) is 2.17. The number of hydrogen-bond acceptors (Lipinski definition) is 4. The fourth-order valence-corrected chi connectivity index (χ4v) is 3.09. The van der Waals surface area contributed by atoms with Crippen LogP contribution in [0.2, 0.25) is 0 Å². The molecule has 1 aliphatic carbocycles. The topological polar surface area (TPSA) is 45.0 Å². The molecule has 3 nitrogen and oxygen atoms in total. The van der Waals surface area contributed by atoms with Crippen molar-refractivity contribution in [1.29, 1.82) is 5.26 Å². The van der Waals surface area contributed by atoms with E-state index in [-0.39, 0.29) is 0 Å². The van der Waals surface area contributed by atoms with Crippen LogP contribution >= 0.6 is 11.8 Å². The highest BCUT2D eigenvalue weighted by Crippen LogP contribution is 2.43. The average Bonchev–Trinajstić information content (AvgIpc) is 2.37. The molecule has 18 heavy (non-hydrogen) atoms. The quantitative estimate of drug-likeness (QED) is 0.884. The molecule has 1 aromatic rings. The predicted octanol–water partition coefficient (Wildman–Crippen LogP) is 3.26. The van der Waals surface area contributed by atoms with Crippen LogP contribution in [0.1, 0.15) is 24.8 Å². The van der Waals surface area contributed by atoms with E-state index in [4.69, 9.17) is 10.00 Å². The Morgan fingerprint density at radius 3 is 2.78 bits per heavy atom. The monoisotopic (exact) mass is 262 g/mol. The predicted molar refractivity (Wildman–Crippen MR) is 76.3 cm³/mol. The second-order valence-electron chi connectivity index (χ2n) is 4.62. The molecular formula is C14H18N2OS. The molecule has 0 atom stereocenters. The van der Waals surface area contributed by atoms with Gasteiger partial charge in [0, 0.05) is 17.4 Å². The molecule has 1 aliphatic rings. The largest absolute Gasteiger partial charge is 0.497 e. The van der Waals surface area contributed by atoms with Gasteiger partial charge in [-0.15, -0.1) is 0 Å². The molecule has 0 aliphatic heterocycles. The van der Waals surface area contributed by atoms with Gasteiger partial charge < -0.3 is 10.1 Å². The summed E-state index contributed by atoms with van der Waals surface area (Å²) in [7, 11) is 1.64. The summed E-state index contributed by atoms with van der Waals surface area (Å²) in [5, 5.41) is 12.5. The van der Waals surface area contributed by atoms with Gasteiger partial charge in [-0.1, -0.05) is 6.42 Å². The molecule has 1 aromatic carbocycles. The normalized spacial score (nSPS) is 16.5. The molecular weight excluding hydrogens is 244 g/mol. The van der Waals surface area contributed by atoms with Crippen LogP contribution in [0.15, 0.2) is 18.2 Å². The lowest BCUT2D eigenvalue weighted by Crippen LogP contribution is -2.40. The Balaban J connectivity index is 2.10. The third kappa shape index (κ3) is 2.56. The highest BCUT2D eigenvalue weighted by atomic mass is 32.2. The maximum absolute atomic E-state index is 9.10. The molecule has 0 aromatic heterocycles. The van der Waals surface area contributed by atoms with E-state index < -0.39 is 0 Å². The van der Waals surface area contributed by atoms with Crippen LogP contribution < -0.4 is 10.1 Å². The molecule has 2 rings (SSSR count). The van der Waals surface area contributed by atoms with Gasteiger partial charge in [0.05, 0.1) is 18.4 Å². The number of rotatable bonds is 5. The lowest BCUT2D eigenvalue weighted by Gasteiger charge is -2.40. The smallest absolute Gasteiger partial charge is 0.121 e. The van der Waals surface area contributed by atoms with Gasteiger partial charge in [-0.25, -0.2) is 0 Å². The summed E-state index contributed by atoms with van der Waals surface area (Å²) in [4.78, 5) is 0. The number of nitrogens with zero attached hydrogens (tertiary/aromatic N) is 1. The molecule has 96 valence electrons.